The van der Waals surface area contributed by atoms with Gasteiger partial charge in [0.25, 0.3) is 0 Å². The molecule has 1 amide bonds. The fraction of sp³-hybridized carbons (Fsp3) is 0.556. The van der Waals surface area contributed by atoms with E-state index in [1.165, 1.54) is 0 Å². The van der Waals surface area contributed by atoms with Crippen LogP contribution in [0.3, 0.4) is 0 Å². The molecule has 0 spiro atoms. The Morgan fingerprint density at radius 2 is 1.96 bits per heavy atom. The van der Waals surface area contributed by atoms with Crippen LogP contribution in [-0.4, -0.2) is 42.3 Å². The number of hydrogen-bond acceptors (Lipinski definition) is 5. The maximum Gasteiger partial charge on any atom is 0.410 e. The van der Waals surface area contributed by atoms with Crippen molar-refractivity contribution in [3.63, 3.8) is 0 Å². The number of ketones is 1. The fourth-order valence-corrected chi connectivity index (χ4v) is 2.97. The number of nitrogens with zero attached hydrogens (tertiary/aromatic N) is 1. The van der Waals surface area contributed by atoms with E-state index in [1.807, 2.05) is 20.8 Å². The van der Waals surface area contributed by atoms with Crippen LogP contribution < -0.4 is 9.47 Å². The predicted molar refractivity (Wildman–Crippen MR) is 87.4 cm³/mol. The van der Waals surface area contributed by atoms with Gasteiger partial charge in [-0.15, -0.1) is 0 Å². The molecule has 2 aliphatic heterocycles. The molecule has 3 rings (SSSR count). The van der Waals surface area contributed by atoms with Crippen LogP contribution >= 0.6 is 0 Å². The fourth-order valence-electron chi connectivity index (χ4n) is 2.97. The monoisotopic (exact) mass is 333 g/mol. The number of piperidine rings is 1. The molecule has 0 aliphatic carbocycles. The Labute approximate surface area is 141 Å². The maximum atomic E-state index is 12.8. The molecule has 0 radical (unpaired) electrons. The zero-order valence-electron chi connectivity index (χ0n) is 14.3. The first-order valence-electron chi connectivity index (χ1n) is 8.25. The van der Waals surface area contributed by atoms with Gasteiger partial charge in [0.05, 0.1) is 0 Å². The molecule has 2 aliphatic rings. The topological polar surface area (TPSA) is 65.1 Å². The molecule has 6 nitrogen and oxygen atoms in total. The molecule has 1 aromatic rings. The van der Waals surface area contributed by atoms with Gasteiger partial charge < -0.3 is 19.1 Å². The lowest BCUT2D eigenvalue weighted by Crippen LogP contribution is -2.44. The van der Waals surface area contributed by atoms with Gasteiger partial charge in [0.15, 0.2) is 17.3 Å². The number of carbonyl (C=O) groups excluding carboxylic acids is 2. The molecule has 6 heteroatoms. The van der Waals surface area contributed by atoms with Crippen molar-refractivity contribution in [3.05, 3.63) is 23.8 Å². The number of carbonyl (C=O) groups is 2. The Morgan fingerprint density at radius 1 is 1.21 bits per heavy atom. The second-order valence-corrected chi connectivity index (χ2v) is 7.20. The largest absolute Gasteiger partial charge is 0.454 e. The standard InChI is InChI=1S/C18H23NO5/c1-18(2,3)24-17(21)19-8-4-5-13(10-19)16(20)12-6-7-14-15(9-12)23-11-22-14/h6-7,9,13H,4-5,8,10-11H2,1-3H3/t13-/m1/s1. The normalized spacial score (nSPS) is 20.0. The second-order valence-electron chi connectivity index (χ2n) is 7.20. The molecular weight excluding hydrogens is 310 g/mol. The van der Waals surface area contributed by atoms with Crippen molar-refractivity contribution in [2.45, 2.75) is 39.2 Å². The van der Waals surface area contributed by atoms with Gasteiger partial charge in [-0.1, -0.05) is 0 Å². The highest BCUT2D eigenvalue weighted by Crippen LogP contribution is 2.34. The van der Waals surface area contributed by atoms with E-state index >= 15 is 0 Å². The van der Waals surface area contributed by atoms with Crippen LogP contribution in [-0.2, 0) is 4.74 Å². The van der Waals surface area contributed by atoms with Crippen LogP contribution in [0.2, 0.25) is 0 Å². The number of hydrogen-bond donors (Lipinski definition) is 0. The predicted octanol–water partition coefficient (Wildman–Crippen LogP) is 3.25. The summed E-state index contributed by atoms with van der Waals surface area (Å²) < 4.78 is 16.0. The number of ether oxygens (including phenoxy) is 3. The summed E-state index contributed by atoms with van der Waals surface area (Å²) in [7, 11) is 0. The van der Waals surface area contributed by atoms with Gasteiger partial charge in [-0.3, -0.25) is 4.79 Å². The van der Waals surface area contributed by atoms with Gasteiger partial charge in [0.1, 0.15) is 5.60 Å². The van der Waals surface area contributed by atoms with Gasteiger partial charge in [-0.25, -0.2) is 4.79 Å². The molecule has 24 heavy (non-hydrogen) atoms. The molecule has 0 N–H and O–H groups in total. The van der Waals surface area contributed by atoms with Crippen molar-refractivity contribution in [3.8, 4) is 11.5 Å². The number of likely N-dealkylation sites (tertiary alicyclic amines) is 1. The average Bonchev–Trinajstić information content (AvgIpc) is 3.00. The van der Waals surface area contributed by atoms with Crippen molar-refractivity contribution in [1.82, 2.24) is 4.90 Å². The summed E-state index contributed by atoms with van der Waals surface area (Å²) in [4.78, 5) is 26.6. The van der Waals surface area contributed by atoms with Crippen molar-refractivity contribution < 1.29 is 23.8 Å². The number of benzene rings is 1. The Balaban J connectivity index is 1.68. The SMILES string of the molecule is CC(C)(C)OC(=O)N1CCC[C@@H](C(=O)c2ccc3c(c2)OCO3)C1. The first-order chi connectivity index (χ1) is 11.3. The molecule has 0 bridgehead atoms. The summed E-state index contributed by atoms with van der Waals surface area (Å²) in [6.45, 7) is 6.71. The minimum Gasteiger partial charge on any atom is -0.454 e. The van der Waals surface area contributed by atoms with Gasteiger partial charge in [-0.05, 0) is 51.8 Å². The quantitative estimate of drug-likeness (QED) is 0.777. The maximum absolute atomic E-state index is 12.8. The Kier molecular flexibility index (Phi) is 4.39. The average molecular weight is 333 g/mol. The van der Waals surface area contributed by atoms with Crippen molar-refractivity contribution in [1.29, 1.82) is 0 Å². The molecular formula is C18H23NO5. The zero-order chi connectivity index (χ0) is 17.3. The van der Waals surface area contributed by atoms with Crippen LogP contribution in [0, 0.1) is 5.92 Å². The smallest absolute Gasteiger partial charge is 0.410 e. The highest BCUT2D eigenvalue weighted by molar-refractivity contribution is 5.98. The van der Waals surface area contributed by atoms with Crippen LogP contribution in [0.25, 0.3) is 0 Å². The van der Waals surface area contributed by atoms with Crippen LogP contribution in [0.1, 0.15) is 44.0 Å². The Morgan fingerprint density at radius 3 is 2.71 bits per heavy atom. The van der Waals surface area contributed by atoms with Crippen molar-refractivity contribution in [2.24, 2.45) is 5.92 Å². The summed E-state index contributed by atoms with van der Waals surface area (Å²) in [6.07, 6.45) is 1.21. The van der Waals surface area contributed by atoms with Gasteiger partial charge in [0, 0.05) is 24.6 Å². The van der Waals surface area contributed by atoms with E-state index in [0.717, 1.165) is 12.8 Å². The molecule has 0 saturated carbocycles. The molecule has 0 aromatic heterocycles. The van der Waals surface area contributed by atoms with E-state index in [1.54, 1.807) is 23.1 Å². The lowest BCUT2D eigenvalue weighted by Gasteiger charge is -2.33. The first kappa shape index (κ1) is 16.6. The van der Waals surface area contributed by atoms with Crippen LogP contribution in [0.15, 0.2) is 18.2 Å². The summed E-state index contributed by atoms with van der Waals surface area (Å²) in [5, 5.41) is 0. The van der Waals surface area contributed by atoms with Gasteiger partial charge in [-0.2, -0.15) is 0 Å². The summed E-state index contributed by atoms with van der Waals surface area (Å²) >= 11 is 0. The third-order valence-corrected chi connectivity index (χ3v) is 4.10. The third-order valence-electron chi connectivity index (χ3n) is 4.10. The second kappa shape index (κ2) is 6.34. The Bertz CT molecular complexity index is 649. The number of Topliss-reactive ketones (excluding diaryl/α,β-unsaturated/α-hetero) is 1. The number of rotatable bonds is 2. The lowest BCUT2D eigenvalue weighted by atomic mass is 9.90. The third kappa shape index (κ3) is 3.63. The van der Waals surface area contributed by atoms with Gasteiger partial charge >= 0.3 is 6.09 Å². The summed E-state index contributed by atoms with van der Waals surface area (Å²) in [6, 6.07) is 5.23. The Hall–Kier alpha value is -2.24. The minimum absolute atomic E-state index is 0.0292. The van der Waals surface area contributed by atoms with Gasteiger partial charge in [0.2, 0.25) is 6.79 Å². The summed E-state index contributed by atoms with van der Waals surface area (Å²) in [5.41, 5.74) is 0.0565. The highest BCUT2D eigenvalue weighted by atomic mass is 16.7. The van der Waals surface area contributed by atoms with E-state index in [0.29, 0.717) is 30.2 Å². The van der Waals surface area contributed by atoms with E-state index in [2.05, 4.69) is 0 Å². The first-order valence-corrected chi connectivity index (χ1v) is 8.25. The van der Waals surface area contributed by atoms with E-state index in [-0.39, 0.29) is 24.6 Å². The van der Waals surface area contributed by atoms with E-state index in [9.17, 15) is 9.59 Å². The molecule has 1 aromatic carbocycles. The van der Waals surface area contributed by atoms with Crippen molar-refractivity contribution in [2.75, 3.05) is 19.9 Å². The zero-order valence-corrected chi connectivity index (χ0v) is 14.3. The number of fused-ring (bicyclic) bond motifs is 1. The van der Waals surface area contributed by atoms with Crippen LogP contribution in [0.4, 0.5) is 4.79 Å². The number of amides is 1. The molecule has 2 heterocycles. The highest BCUT2D eigenvalue weighted by Gasteiger charge is 2.32. The minimum atomic E-state index is -0.536. The van der Waals surface area contributed by atoms with E-state index in [4.69, 9.17) is 14.2 Å². The van der Waals surface area contributed by atoms with Crippen molar-refractivity contribution >= 4 is 11.9 Å². The molecule has 0 unspecified atom stereocenters. The van der Waals surface area contributed by atoms with E-state index < -0.39 is 5.60 Å². The van der Waals surface area contributed by atoms with Crippen LogP contribution in [0.5, 0.6) is 11.5 Å². The molecule has 1 fully saturated rings. The lowest BCUT2D eigenvalue weighted by molar-refractivity contribution is 0.0172. The molecule has 130 valence electrons. The molecule has 1 saturated heterocycles. The summed E-state index contributed by atoms with van der Waals surface area (Å²) in [5.74, 6) is 1.07. The molecule has 1 atom stereocenters.